The highest BCUT2D eigenvalue weighted by atomic mass is 16.6. The van der Waals surface area contributed by atoms with Crippen LogP contribution in [0.15, 0.2) is 60.7 Å². The molecule has 0 spiro atoms. The van der Waals surface area contributed by atoms with Crippen LogP contribution in [0.3, 0.4) is 0 Å². The van der Waals surface area contributed by atoms with Crippen LogP contribution in [0.2, 0.25) is 0 Å². The van der Waals surface area contributed by atoms with Crippen LogP contribution in [0, 0.1) is 0 Å². The molecular formula is C16H19NO. The van der Waals surface area contributed by atoms with Gasteiger partial charge in [-0.3, -0.25) is 4.84 Å². The summed E-state index contributed by atoms with van der Waals surface area (Å²) in [5.41, 5.74) is 5.57. The summed E-state index contributed by atoms with van der Waals surface area (Å²) in [6.07, 6.45) is 2.17. The molecule has 0 amide bonds. The molecule has 2 aromatic carbocycles. The van der Waals surface area contributed by atoms with Crippen molar-refractivity contribution in [3.63, 3.8) is 0 Å². The van der Waals surface area contributed by atoms with E-state index in [0.29, 0.717) is 6.61 Å². The maximum atomic E-state index is 5.41. The zero-order valence-electron chi connectivity index (χ0n) is 10.5. The lowest BCUT2D eigenvalue weighted by molar-refractivity contribution is 0.0276. The van der Waals surface area contributed by atoms with Crippen molar-refractivity contribution in [1.82, 2.24) is 5.48 Å². The summed E-state index contributed by atoms with van der Waals surface area (Å²) in [5, 5.41) is 0. The first-order valence-electron chi connectivity index (χ1n) is 6.37. The number of hydrogen-bond donors (Lipinski definition) is 1. The van der Waals surface area contributed by atoms with Crippen LogP contribution in [-0.2, 0) is 17.9 Å². The summed E-state index contributed by atoms with van der Waals surface area (Å²) < 4.78 is 0. The first kappa shape index (κ1) is 12.8. The zero-order valence-corrected chi connectivity index (χ0v) is 10.5. The van der Waals surface area contributed by atoms with Gasteiger partial charge in [0.25, 0.3) is 0 Å². The van der Waals surface area contributed by atoms with Crippen molar-refractivity contribution in [3.8, 4) is 0 Å². The van der Waals surface area contributed by atoms with E-state index in [1.807, 2.05) is 24.3 Å². The van der Waals surface area contributed by atoms with E-state index in [1.165, 1.54) is 11.1 Å². The maximum absolute atomic E-state index is 5.41. The minimum atomic E-state index is 0.617. The Hall–Kier alpha value is -1.64. The molecule has 0 fully saturated rings. The Labute approximate surface area is 109 Å². The van der Waals surface area contributed by atoms with Gasteiger partial charge in [-0.05, 0) is 24.0 Å². The lowest BCUT2D eigenvalue weighted by atomic mass is 10.1. The quantitative estimate of drug-likeness (QED) is 0.593. The van der Waals surface area contributed by atoms with Gasteiger partial charge in [-0.1, -0.05) is 60.7 Å². The van der Waals surface area contributed by atoms with Crippen molar-refractivity contribution in [2.45, 2.75) is 19.4 Å². The number of nitrogens with one attached hydrogen (secondary N) is 1. The van der Waals surface area contributed by atoms with Crippen LogP contribution in [0.25, 0.3) is 0 Å². The highest BCUT2D eigenvalue weighted by Gasteiger charge is 1.93. The third-order valence-electron chi connectivity index (χ3n) is 2.77. The van der Waals surface area contributed by atoms with Crippen molar-refractivity contribution >= 4 is 0 Å². The Morgan fingerprint density at radius 3 is 2.06 bits per heavy atom. The van der Waals surface area contributed by atoms with Crippen molar-refractivity contribution < 1.29 is 4.84 Å². The first-order valence-corrected chi connectivity index (χ1v) is 6.37. The molecule has 2 nitrogen and oxygen atoms in total. The van der Waals surface area contributed by atoms with Crippen molar-refractivity contribution in [2.75, 3.05) is 6.54 Å². The highest BCUT2D eigenvalue weighted by Crippen LogP contribution is 2.02. The van der Waals surface area contributed by atoms with Crippen LogP contribution < -0.4 is 5.48 Å². The van der Waals surface area contributed by atoms with Crippen LogP contribution in [-0.4, -0.2) is 6.54 Å². The third-order valence-corrected chi connectivity index (χ3v) is 2.77. The fourth-order valence-electron chi connectivity index (χ4n) is 1.79. The van der Waals surface area contributed by atoms with E-state index in [0.717, 1.165) is 19.4 Å². The van der Waals surface area contributed by atoms with E-state index in [1.54, 1.807) is 0 Å². The molecule has 1 N–H and O–H groups in total. The Morgan fingerprint density at radius 1 is 0.778 bits per heavy atom. The molecule has 0 aliphatic carbocycles. The molecule has 0 bridgehead atoms. The van der Waals surface area contributed by atoms with Crippen molar-refractivity contribution in [3.05, 3.63) is 71.8 Å². The van der Waals surface area contributed by atoms with E-state index in [-0.39, 0.29) is 0 Å². The molecule has 0 saturated carbocycles. The van der Waals surface area contributed by atoms with Gasteiger partial charge in [0.15, 0.2) is 0 Å². The van der Waals surface area contributed by atoms with Crippen LogP contribution >= 0.6 is 0 Å². The summed E-state index contributed by atoms with van der Waals surface area (Å²) in [4.78, 5) is 5.41. The highest BCUT2D eigenvalue weighted by molar-refractivity contribution is 5.14. The molecule has 0 atom stereocenters. The second-order valence-electron chi connectivity index (χ2n) is 4.26. The molecule has 0 radical (unpaired) electrons. The topological polar surface area (TPSA) is 21.3 Å². The molecule has 94 valence electrons. The Kier molecular flexibility index (Phi) is 5.44. The van der Waals surface area contributed by atoms with Gasteiger partial charge in [-0.2, -0.15) is 0 Å². The minimum absolute atomic E-state index is 0.617. The number of rotatable bonds is 7. The van der Waals surface area contributed by atoms with Crippen LogP contribution in [0.5, 0.6) is 0 Å². The molecule has 18 heavy (non-hydrogen) atoms. The molecule has 2 heteroatoms. The second kappa shape index (κ2) is 7.64. The Morgan fingerprint density at radius 2 is 1.39 bits per heavy atom. The van der Waals surface area contributed by atoms with E-state index >= 15 is 0 Å². The van der Waals surface area contributed by atoms with Crippen molar-refractivity contribution in [1.29, 1.82) is 0 Å². The average molecular weight is 241 g/mol. The summed E-state index contributed by atoms with van der Waals surface area (Å²) in [6.45, 7) is 1.49. The van der Waals surface area contributed by atoms with Gasteiger partial charge in [0.05, 0.1) is 6.61 Å². The maximum Gasteiger partial charge on any atom is 0.0933 e. The SMILES string of the molecule is c1ccc(CCCNOCc2ccccc2)cc1. The average Bonchev–Trinajstić information content (AvgIpc) is 2.45. The second-order valence-corrected chi connectivity index (χ2v) is 4.26. The summed E-state index contributed by atoms with van der Waals surface area (Å²) in [7, 11) is 0. The third kappa shape index (κ3) is 4.70. The van der Waals surface area contributed by atoms with E-state index < -0.39 is 0 Å². The number of hydrogen-bond acceptors (Lipinski definition) is 2. The molecule has 0 aliphatic rings. The number of benzene rings is 2. The predicted molar refractivity (Wildman–Crippen MR) is 74.0 cm³/mol. The van der Waals surface area contributed by atoms with Gasteiger partial charge in [0, 0.05) is 6.54 Å². The molecule has 2 aromatic rings. The lowest BCUT2D eigenvalue weighted by Gasteiger charge is -2.06. The largest absolute Gasteiger partial charge is 0.297 e. The van der Waals surface area contributed by atoms with Gasteiger partial charge in [0.2, 0.25) is 0 Å². The van der Waals surface area contributed by atoms with E-state index in [2.05, 4.69) is 41.9 Å². The van der Waals surface area contributed by atoms with Crippen LogP contribution in [0.1, 0.15) is 17.5 Å². The summed E-state index contributed by atoms with van der Waals surface area (Å²) >= 11 is 0. The number of aryl methyl sites for hydroxylation is 1. The molecular weight excluding hydrogens is 222 g/mol. The van der Waals surface area contributed by atoms with Gasteiger partial charge >= 0.3 is 0 Å². The molecule has 0 aliphatic heterocycles. The zero-order chi connectivity index (χ0) is 12.5. The molecule has 0 saturated heterocycles. The van der Waals surface area contributed by atoms with Gasteiger partial charge in [-0.15, -0.1) is 0 Å². The molecule has 0 heterocycles. The molecule has 0 unspecified atom stereocenters. The predicted octanol–water partition coefficient (Wildman–Crippen LogP) is 3.34. The Bertz CT molecular complexity index is 384. The summed E-state index contributed by atoms with van der Waals surface area (Å²) in [5.74, 6) is 0. The molecule has 2 rings (SSSR count). The first-order chi connectivity index (χ1) is 8.95. The van der Waals surface area contributed by atoms with Crippen molar-refractivity contribution in [2.24, 2.45) is 0 Å². The fourth-order valence-corrected chi connectivity index (χ4v) is 1.79. The summed E-state index contributed by atoms with van der Waals surface area (Å²) in [6, 6.07) is 20.7. The lowest BCUT2D eigenvalue weighted by Crippen LogP contribution is -2.16. The Balaban J connectivity index is 1.54. The van der Waals surface area contributed by atoms with Gasteiger partial charge in [-0.25, -0.2) is 5.48 Å². The monoisotopic (exact) mass is 241 g/mol. The minimum Gasteiger partial charge on any atom is -0.297 e. The van der Waals surface area contributed by atoms with Crippen LogP contribution in [0.4, 0.5) is 0 Å². The van der Waals surface area contributed by atoms with E-state index in [9.17, 15) is 0 Å². The smallest absolute Gasteiger partial charge is 0.0933 e. The van der Waals surface area contributed by atoms with Gasteiger partial charge < -0.3 is 0 Å². The molecule has 0 aromatic heterocycles. The fraction of sp³-hybridized carbons (Fsp3) is 0.250. The number of hydroxylamine groups is 1. The van der Waals surface area contributed by atoms with E-state index in [4.69, 9.17) is 4.84 Å². The standard InChI is InChI=1S/C16H19NO/c1-3-8-15(9-4-1)12-7-13-17-18-14-16-10-5-2-6-11-16/h1-6,8-11,17H,7,12-14H2. The normalized spacial score (nSPS) is 10.4. The van der Waals surface area contributed by atoms with Gasteiger partial charge in [0.1, 0.15) is 0 Å².